The lowest BCUT2D eigenvalue weighted by Gasteiger charge is -2.30. The summed E-state index contributed by atoms with van der Waals surface area (Å²) in [5.41, 5.74) is 1.42. The van der Waals surface area contributed by atoms with Gasteiger partial charge in [0.15, 0.2) is 3.95 Å². The van der Waals surface area contributed by atoms with Crippen LogP contribution in [0.4, 0.5) is 0 Å². The standard InChI is InChI=1S/C9H12N2S2/c1-11-5-2-3-7(11)8-6(4-5)10-9(12)13-8/h5,7H,2-4H2,1H3,(H,10,12). The van der Waals surface area contributed by atoms with Crippen molar-refractivity contribution >= 4 is 23.6 Å². The number of hydrogen-bond acceptors (Lipinski definition) is 3. The van der Waals surface area contributed by atoms with Crippen LogP contribution in [0.3, 0.4) is 0 Å². The molecule has 2 aliphatic heterocycles. The molecular weight excluding hydrogens is 200 g/mol. The minimum Gasteiger partial charge on any atom is -0.341 e. The summed E-state index contributed by atoms with van der Waals surface area (Å²) in [6.07, 6.45) is 3.84. The summed E-state index contributed by atoms with van der Waals surface area (Å²) in [5, 5.41) is 0. The normalized spacial score (nSPS) is 32.1. The Balaban J connectivity index is 2.16. The Kier molecular flexibility index (Phi) is 1.66. The van der Waals surface area contributed by atoms with Crippen LogP contribution in [0.1, 0.15) is 29.5 Å². The molecule has 0 radical (unpaired) electrons. The van der Waals surface area contributed by atoms with Crippen LogP contribution in [0.25, 0.3) is 0 Å². The van der Waals surface area contributed by atoms with Gasteiger partial charge in [0.05, 0.1) is 0 Å². The second-order valence-electron chi connectivity index (χ2n) is 3.97. The van der Waals surface area contributed by atoms with Crippen molar-refractivity contribution in [2.45, 2.75) is 31.3 Å². The van der Waals surface area contributed by atoms with E-state index in [1.807, 2.05) is 0 Å². The largest absolute Gasteiger partial charge is 0.341 e. The molecular formula is C9H12N2S2. The molecule has 70 valence electrons. The van der Waals surface area contributed by atoms with Crippen molar-refractivity contribution in [3.05, 3.63) is 14.5 Å². The minimum atomic E-state index is 0.659. The van der Waals surface area contributed by atoms with Gasteiger partial charge < -0.3 is 4.98 Å². The number of rotatable bonds is 0. The first-order valence-corrected chi connectivity index (χ1v) is 5.92. The van der Waals surface area contributed by atoms with Gasteiger partial charge >= 0.3 is 0 Å². The van der Waals surface area contributed by atoms with Crippen molar-refractivity contribution in [1.82, 2.24) is 9.88 Å². The number of H-pyrrole nitrogens is 1. The van der Waals surface area contributed by atoms with E-state index >= 15 is 0 Å². The fourth-order valence-corrected chi connectivity index (χ4v) is 4.05. The summed E-state index contributed by atoms with van der Waals surface area (Å²) in [6.45, 7) is 0. The van der Waals surface area contributed by atoms with E-state index in [1.54, 1.807) is 11.3 Å². The van der Waals surface area contributed by atoms with Crippen LogP contribution in [0.15, 0.2) is 0 Å². The van der Waals surface area contributed by atoms with Gasteiger partial charge in [-0.15, -0.1) is 11.3 Å². The molecule has 1 N–H and O–H groups in total. The van der Waals surface area contributed by atoms with Crippen LogP contribution in [0.5, 0.6) is 0 Å². The van der Waals surface area contributed by atoms with Gasteiger partial charge in [-0.05, 0) is 32.1 Å². The Morgan fingerprint density at radius 1 is 1.54 bits per heavy atom. The molecule has 1 aromatic rings. The number of hydrogen-bond donors (Lipinski definition) is 1. The van der Waals surface area contributed by atoms with Crippen LogP contribution < -0.4 is 0 Å². The molecule has 0 spiro atoms. The van der Waals surface area contributed by atoms with E-state index in [0.717, 1.165) is 10.00 Å². The highest BCUT2D eigenvalue weighted by Crippen LogP contribution is 2.44. The van der Waals surface area contributed by atoms with Crippen molar-refractivity contribution in [3.63, 3.8) is 0 Å². The molecule has 2 aliphatic rings. The minimum absolute atomic E-state index is 0.659. The summed E-state index contributed by atoms with van der Waals surface area (Å²) in [7, 11) is 2.24. The first-order chi connectivity index (χ1) is 6.25. The number of thiazole rings is 1. The highest BCUT2D eigenvalue weighted by molar-refractivity contribution is 7.73. The van der Waals surface area contributed by atoms with Crippen LogP contribution in [0.2, 0.25) is 0 Å². The molecule has 0 aromatic carbocycles. The quantitative estimate of drug-likeness (QED) is 0.666. The molecule has 3 heterocycles. The topological polar surface area (TPSA) is 19.0 Å². The van der Waals surface area contributed by atoms with Crippen LogP contribution in [-0.2, 0) is 6.42 Å². The first kappa shape index (κ1) is 8.15. The lowest BCUT2D eigenvalue weighted by atomic mass is 10.1. The fourth-order valence-electron chi connectivity index (χ4n) is 2.60. The molecule has 3 rings (SSSR count). The average Bonchev–Trinajstić information content (AvgIpc) is 2.54. The van der Waals surface area contributed by atoms with E-state index in [2.05, 4.69) is 16.9 Å². The summed E-state index contributed by atoms with van der Waals surface area (Å²) in [5.74, 6) is 0. The number of aromatic amines is 1. The van der Waals surface area contributed by atoms with Crippen LogP contribution in [0, 0.1) is 3.95 Å². The van der Waals surface area contributed by atoms with Gasteiger partial charge in [0.25, 0.3) is 0 Å². The van der Waals surface area contributed by atoms with E-state index in [-0.39, 0.29) is 0 Å². The van der Waals surface area contributed by atoms with Gasteiger partial charge in [-0.3, -0.25) is 4.90 Å². The van der Waals surface area contributed by atoms with Gasteiger partial charge in [-0.2, -0.15) is 0 Å². The summed E-state index contributed by atoms with van der Waals surface area (Å²) in [6, 6.07) is 1.42. The van der Waals surface area contributed by atoms with Crippen LogP contribution in [-0.4, -0.2) is 23.0 Å². The van der Waals surface area contributed by atoms with Crippen molar-refractivity contribution in [3.8, 4) is 0 Å². The molecule has 2 atom stereocenters. The molecule has 2 unspecified atom stereocenters. The van der Waals surface area contributed by atoms with Crippen molar-refractivity contribution in [2.24, 2.45) is 0 Å². The maximum Gasteiger partial charge on any atom is 0.158 e. The van der Waals surface area contributed by atoms with E-state index < -0.39 is 0 Å². The Morgan fingerprint density at radius 2 is 2.38 bits per heavy atom. The third kappa shape index (κ3) is 1.06. The van der Waals surface area contributed by atoms with Gasteiger partial charge in [0, 0.05) is 29.1 Å². The van der Waals surface area contributed by atoms with Crippen molar-refractivity contribution < 1.29 is 0 Å². The van der Waals surface area contributed by atoms with Gasteiger partial charge in [0.1, 0.15) is 0 Å². The number of aromatic nitrogens is 1. The third-order valence-electron chi connectivity index (χ3n) is 3.34. The Labute approximate surface area is 86.6 Å². The summed E-state index contributed by atoms with van der Waals surface area (Å²) in [4.78, 5) is 7.34. The highest BCUT2D eigenvalue weighted by atomic mass is 32.1. The molecule has 0 amide bonds. The Bertz CT molecular complexity index is 393. The monoisotopic (exact) mass is 212 g/mol. The molecule has 1 fully saturated rings. The summed E-state index contributed by atoms with van der Waals surface area (Å²) >= 11 is 6.95. The Morgan fingerprint density at radius 3 is 3.23 bits per heavy atom. The van der Waals surface area contributed by atoms with Gasteiger partial charge in [-0.1, -0.05) is 0 Å². The maximum absolute atomic E-state index is 5.18. The zero-order valence-corrected chi connectivity index (χ0v) is 9.17. The van der Waals surface area contributed by atoms with E-state index in [0.29, 0.717) is 6.04 Å². The number of nitrogens with one attached hydrogen (secondary N) is 1. The van der Waals surface area contributed by atoms with E-state index in [1.165, 1.54) is 29.8 Å². The number of likely N-dealkylation sites (N-methyl/N-ethyl adjacent to an activating group) is 1. The molecule has 1 saturated heterocycles. The highest BCUT2D eigenvalue weighted by Gasteiger charge is 2.38. The average molecular weight is 212 g/mol. The molecule has 0 saturated carbocycles. The predicted molar refractivity (Wildman–Crippen MR) is 56.7 cm³/mol. The van der Waals surface area contributed by atoms with Crippen molar-refractivity contribution in [1.29, 1.82) is 0 Å². The third-order valence-corrected chi connectivity index (χ3v) is 4.71. The zero-order valence-electron chi connectivity index (χ0n) is 7.54. The van der Waals surface area contributed by atoms with E-state index in [4.69, 9.17) is 12.2 Å². The van der Waals surface area contributed by atoms with Gasteiger partial charge in [0.2, 0.25) is 0 Å². The number of fused-ring (bicyclic) bond motifs is 4. The first-order valence-electron chi connectivity index (χ1n) is 4.69. The van der Waals surface area contributed by atoms with Gasteiger partial charge in [-0.25, -0.2) is 0 Å². The number of nitrogens with zero attached hydrogens (tertiary/aromatic N) is 1. The molecule has 13 heavy (non-hydrogen) atoms. The van der Waals surface area contributed by atoms with Crippen LogP contribution >= 0.6 is 23.6 Å². The molecule has 0 aliphatic carbocycles. The lowest BCUT2D eigenvalue weighted by molar-refractivity contribution is 0.226. The smallest absolute Gasteiger partial charge is 0.158 e. The molecule has 1 aromatic heterocycles. The van der Waals surface area contributed by atoms with E-state index in [9.17, 15) is 0 Å². The molecule has 2 bridgehead atoms. The summed E-state index contributed by atoms with van der Waals surface area (Å²) < 4.78 is 0.950. The predicted octanol–water partition coefficient (Wildman–Crippen LogP) is 2.50. The van der Waals surface area contributed by atoms with Crippen molar-refractivity contribution in [2.75, 3.05) is 7.05 Å². The fraction of sp³-hybridized carbons (Fsp3) is 0.667. The SMILES string of the molecule is CN1C2CCC1c1sc(=S)[nH]c1C2. The second-order valence-corrected chi connectivity index (χ2v) is 5.69. The Hall–Kier alpha value is -0.190. The second kappa shape index (κ2) is 2.65. The zero-order chi connectivity index (χ0) is 9.00. The molecule has 4 heteroatoms. The lowest BCUT2D eigenvalue weighted by Crippen LogP contribution is -2.33. The molecule has 2 nitrogen and oxygen atoms in total. The maximum atomic E-state index is 5.18.